The van der Waals surface area contributed by atoms with E-state index in [1.807, 2.05) is 0 Å². The smallest absolute Gasteiger partial charge is 0.354 e. The number of nitrogens with one attached hydrogen (secondary N) is 1. The summed E-state index contributed by atoms with van der Waals surface area (Å²) in [4.78, 5) is 3.23. The van der Waals surface area contributed by atoms with Gasteiger partial charge < -0.3 is 5.32 Å². The van der Waals surface area contributed by atoms with E-state index in [1.54, 1.807) is 36.4 Å². The van der Waals surface area contributed by atoms with Crippen LogP contribution in [-0.2, 0) is 6.18 Å². The minimum Gasteiger partial charge on any atom is -0.354 e. The van der Waals surface area contributed by atoms with Gasteiger partial charge in [-0.25, -0.2) is 0 Å². The Morgan fingerprint density at radius 2 is 1.70 bits per heavy atom. The number of thiophene rings is 1. The van der Waals surface area contributed by atoms with Gasteiger partial charge in [-0.3, -0.25) is 4.98 Å². The quantitative estimate of drug-likeness (QED) is 0.714. The molecule has 1 N–H and O–H groups in total. The first kappa shape index (κ1) is 12.9. The van der Waals surface area contributed by atoms with Gasteiger partial charge in [0.2, 0.25) is 0 Å². The molecule has 20 heavy (non-hydrogen) atoms. The van der Waals surface area contributed by atoms with Crippen molar-refractivity contribution in [2.24, 2.45) is 0 Å². The lowest BCUT2D eigenvalue weighted by atomic mass is 10.2. The molecule has 102 valence electrons. The number of anilines is 2. The van der Waals surface area contributed by atoms with Crippen LogP contribution in [0.3, 0.4) is 0 Å². The second-order valence-corrected chi connectivity index (χ2v) is 5.21. The van der Waals surface area contributed by atoms with Gasteiger partial charge in [-0.1, -0.05) is 18.2 Å². The number of fused-ring (bicyclic) bond motifs is 1. The maximum absolute atomic E-state index is 13.1. The zero-order chi connectivity index (χ0) is 14.2. The Morgan fingerprint density at radius 1 is 1.00 bits per heavy atom. The number of nitrogens with zero attached hydrogens (tertiary/aromatic N) is 1. The summed E-state index contributed by atoms with van der Waals surface area (Å²) in [5.74, 6) is 0. The minimum absolute atomic E-state index is 0.101. The molecule has 0 aliphatic heterocycles. The van der Waals surface area contributed by atoms with Crippen molar-refractivity contribution in [1.29, 1.82) is 0 Å². The second kappa shape index (κ2) is 4.79. The Balaban J connectivity index is 2.16. The normalized spacial score (nSPS) is 11.8. The molecule has 0 aliphatic carbocycles. The molecule has 2 aromatic heterocycles. The molecule has 0 aliphatic rings. The van der Waals surface area contributed by atoms with Crippen molar-refractivity contribution in [2.75, 3.05) is 5.32 Å². The van der Waals surface area contributed by atoms with Gasteiger partial charge in [-0.15, -0.1) is 11.3 Å². The van der Waals surface area contributed by atoms with Crippen LogP contribution in [0.15, 0.2) is 48.8 Å². The van der Waals surface area contributed by atoms with Crippen molar-refractivity contribution in [3.63, 3.8) is 0 Å². The molecule has 6 heteroatoms. The first-order chi connectivity index (χ1) is 9.55. The SMILES string of the molecule is FC(F)(F)c1sc2ccccc2c1Nc1ccncc1. The van der Waals surface area contributed by atoms with Gasteiger partial charge in [-0.05, 0) is 18.2 Å². The molecule has 0 radical (unpaired) electrons. The number of benzene rings is 1. The molecule has 3 rings (SSSR count). The first-order valence-electron chi connectivity index (χ1n) is 5.81. The monoisotopic (exact) mass is 294 g/mol. The van der Waals surface area contributed by atoms with Crippen LogP contribution in [0, 0.1) is 0 Å². The maximum Gasteiger partial charge on any atom is 0.427 e. The molecule has 2 heterocycles. The van der Waals surface area contributed by atoms with Crippen LogP contribution in [0.5, 0.6) is 0 Å². The molecule has 2 nitrogen and oxygen atoms in total. The number of alkyl halides is 3. The highest BCUT2D eigenvalue weighted by atomic mass is 32.1. The van der Waals surface area contributed by atoms with Crippen LogP contribution < -0.4 is 5.32 Å². The number of rotatable bonds is 2. The lowest BCUT2D eigenvalue weighted by molar-refractivity contribution is -0.133. The van der Waals surface area contributed by atoms with Crippen molar-refractivity contribution in [3.8, 4) is 0 Å². The number of hydrogen-bond donors (Lipinski definition) is 1. The first-order valence-corrected chi connectivity index (χ1v) is 6.63. The van der Waals surface area contributed by atoms with Crippen LogP contribution in [-0.4, -0.2) is 4.98 Å². The highest BCUT2D eigenvalue weighted by Crippen LogP contribution is 2.46. The van der Waals surface area contributed by atoms with E-state index in [0.717, 1.165) is 11.3 Å². The molecule has 0 spiro atoms. The van der Waals surface area contributed by atoms with Crippen molar-refractivity contribution in [3.05, 3.63) is 53.7 Å². The molecule has 0 bridgehead atoms. The maximum atomic E-state index is 13.1. The third-order valence-electron chi connectivity index (χ3n) is 2.80. The van der Waals surface area contributed by atoms with Crippen molar-refractivity contribution >= 4 is 32.8 Å². The van der Waals surface area contributed by atoms with Crippen LogP contribution >= 0.6 is 11.3 Å². The molecule has 3 aromatic rings. The van der Waals surface area contributed by atoms with E-state index in [9.17, 15) is 13.2 Å². The lowest BCUT2D eigenvalue weighted by Gasteiger charge is -2.10. The highest BCUT2D eigenvalue weighted by molar-refractivity contribution is 7.19. The fraction of sp³-hybridized carbons (Fsp3) is 0.0714. The number of pyridine rings is 1. The van der Waals surface area contributed by atoms with Crippen LogP contribution in [0.25, 0.3) is 10.1 Å². The Hall–Kier alpha value is -2.08. The van der Waals surface area contributed by atoms with E-state index in [1.165, 1.54) is 12.4 Å². The zero-order valence-electron chi connectivity index (χ0n) is 10.1. The lowest BCUT2D eigenvalue weighted by Crippen LogP contribution is -2.05. The molecule has 0 saturated heterocycles. The van der Waals surface area contributed by atoms with Crippen LogP contribution in [0.1, 0.15) is 4.88 Å². The van der Waals surface area contributed by atoms with E-state index in [-0.39, 0.29) is 5.69 Å². The predicted molar refractivity (Wildman–Crippen MR) is 74.3 cm³/mol. The van der Waals surface area contributed by atoms with Gasteiger partial charge in [0.25, 0.3) is 0 Å². The molecule has 0 fully saturated rings. The molecule has 0 amide bonds. The van der Waals surface area contributed by atoms with Gasteiger partial charge in [0.05, 0.1) is 5.69 Å². The van der Waals surface area contributed by atoms with E-state index < -0.39 is 11.1 Å². The van der Waals surface area contributed by atoms with Crippen molar-refractivity contribution in [2.45, 2.75) is 6.18 Å². The average molecular weight is 294 g/mol. The Morgan fingerprint density at radius 3 is 2.40 bits per heavy atom. The number of aromatic nitrogens is 1. The van der Waals surface area contributed by atoms with Gasteiger partial charge in [-0.2, -0.15) is 13.2 Å². The van der Waals surface area contributed by atoms with Gasteiger partial charge in [0.15, 0.2) is 0 Å². The number of halogens is 3. The van der Waals surface area contributed by atoms with Crippen molar-refractivity contribution in [1.82, 2.24) is 4.98 Å². The van der Waals surface area contributed by atoms with E-state index in [2.05, 4.69) is 10.3 Å². The summed E-state index contributed by atoms with van der Waals surface area (Å²) < 4.78 is 40.0. The number of hydrogen-bond acceptors (Lipinski definition) is 3. The molecule has 0 saturated carbocycles. The Bertz CT molecular complexity index is 735. The largest absolute Gasteiger partial charge is 0.427 e. The molecular formula is C14H9F3N2S. The fourth-order valence-electron chi connectivity index (χ4n) is 1.95. The second-order valence-electron chi connectivity index (χ2n) is 4.16. The van der Waals surface area contributed by atoms with Gasteiger partial charge in [0, 0.05) is 28.2 Å². The predicted octanol–water partition coefficient (Wildman–Crippen LogP) is 5.06. The van der Waals surface area contributed by atoms with Crippen LogP contribution in [0.2, 0.25) is 0 Å². The standard InChI is InChI=1S/C14H9F3N2S/c15-14(16,17)13-12(19-9-5-7-18-8-6-9)10-3-1-2-4-11(10)20-13/h1-8H,(H,18,19). The summed E-state index contributed by atoms with van der Waals surface area (Å²) in [5.41, 5.74) is 0.679. The summed E-state index contributed by atoms with van der Waals surface area (Å²) >= 11 is 0.747. The van der Waals surface area contributed by atoms with E-state index in [4.69, 9.17) is 0 Å². The van der Waals surface area contributed by atoms with E-state index >= 15 is 0 Å². The Kier molecular flexibility index (Phi) is 3.10. The van der Waals surface area contributed by atoms with Crippen LogP contribution in [0.4, 0.5) is 24.5 Å². The molecule has 0 atom stereocenters. The van der Waals surface area contributed by atoms with Crippen molar-refractivity contribution < 1.29 is 13.2 Å². The third-order valence-corrected chi connectivity index (χ3v) is 4.02. The summed E-state index contributed by atoms with van der Waals surface area (Å²) in [7, 11) is 0. The van der Waals surface area contributed by atoms with Gasteiger partial charge >= 0.3 is 6.18 Å². The summed E-state index contributed by atoms with van der Waals surface area (Å²) in [6.45, 7) is 0. The average Bonchev–Trinajstić information content (AvgIpc) is 2.79. The Labute approximate surface area is 116 Å². The summed E-state index contributed by atoms with van der Waals surface area (Å²) in [5, 5.41) is 3.42. The van der Waals surface area contributed by atoms with Gasteiger partial charge in [0.1, 0.15) is 4.88 Å². The molecule has 0 unspecified atom stereocenters. The topological polar surface area (TPSA) is 24.9 Å². The molecule has 1 aromatic carbocycles. The fourth-order valence-corrected chi connectivity index (χ4v) is 2.97. The summed E-state index contributed by atoms with van der Waals surface area (Å²) in [6, 6.07) is 10.1. The molecular weight excluding hydrogens is 285 g/mol. The minimum atomic E-state index is -4.38. The van der Waals surface area contributed by atoms with E-state index in [0.29, 0.717) is 15.8 Å². The summed E-state index contributed by atoms with van der Waals surface area (Å²) in [6.07, 6.45) is -1.31. The zero-order valence-corrected chi connectivity index (χ0v) is 10.9. The third kappa shape index (κ3) is 2.34. The highest BCUT2D eigenvalue weighted by Gasteiger charge is 2.36.